The largest absolute Gasteiger partial charge is 0.493 e. The maximum absolute atomic E-state index is 12.8. The van der Waals surface area contributed by atoms with Gasteiger partial charge in [-0.05, 0) is 54.8 Å². The summed E-state index contributed by atoms with van der Waals surface area (Å²) in [5, 5.41) is 2.90. The van der Waals surface area contributed by atoms with Crippen molar-refractivity contribution in [1.29, 1.82) is 0 Å². The average Bonchev–Trinajstić information content (AvgIpc) is 3.26. The Morgan fingerprint density at radius 3 is 2.58 bits per heavy atom. The van der Waals surface area contributed by atoms with E-state index < -0.39 is 11.9 Å². The van der Waals surface area contributed by atoms with Crippen molar-refractivity contribution in [3.63, 3.8) is 0 Å². The van der Waals surface area contributed by atoms with Crippen LogP contribution in [0.25, 0.3) is 0 Å². The lowest BCUT2D eigenvalue weighted by atomic mass is 10.1. The number of rotatable bonds is 8. The number of nitrogens with two attached hydrogens (primary N) is 1. The van der Waals surface area contributed by atoms with E-state index in [0.717, 1.165) is 16.5 Å². The van der Waals surface area contributed by atoms with Crippen LogP contribution in [0.4, 0.5) is 0 Å². The third kappa shape index (κ3) is 5.75. The van der Waals surface area contributed by atoms with E-state index in [0.29, 0.717) is 30.0 Å². The van der Waals surface area contributed by atoms with Crippen LogP contribution in [0.2, 0.25) is 0 Å². The first-order chi connectivity index (χ1) is 14.9. The minimum atomic E-state index is -0.586. The molecule has 9 heteroatoms. The first-order valence-corrected chi connectivity index (χ1v) is 10.6. The molecule has 2 aromatic rings. The highest BCUT2D eigenvalue weighted by Gasteiger charge is 2.34. The van der Waals surface area contributed by atoms with Crippen LogP contribution in [0.15, 0.2) is 46.9 Å². The number of nitrogens with one attached hydrogen (secondary N) is 1. The minimum absolute atomic E-state index is 0.150. The Balaban J connectivity index is 1.62. The highest BCUT2D eigenvalue weighted by molar-refractivity contribution is 9.10. The van der Waals surface area contributed by atoms with Crippen LogP contribution >= 0.6 is 15.9 Å². The third-order valence-corrected chi connectivity index (χ3v) is 5.50. The minimum Gasteiger partial charge on any atom is -0.493 e. The van der Waals surface area contributed by atoms with Gasteiger partial charge in [0.1, 0.15) is 6.04 Å². The predicted octanol–water partition coefficient (Wildman–Crippen LogP) is 2.24. The van der Waals surface area contributed by atoms with Crippen molar-refractivity contribution >= 4 is 33.7 Å². The third-order valence-electron chi connectivity index (χ3n) is 4.97. The summed E-state index contributed by atoms with van der Waals surface area (Å²) in [6, 6.07) is 11.7. The van der Waals surface area contributed by atoms with E-state index >= 15 is 0 Å². The molecule has 0 radical (unpaired) electrons. The van der Waals surface area contributed by atoms with Crippen molar-refractivity contribution in [1.82, 2.24) is 10.2 Å². The lowest BCUT2D eigenvalue weighted by Crippen LogP contribution is -2.45. The molecule has 0 aliphatic carbocycles. The molecule has 0 aromatic heterocycles. The maximum Gasteiger partial charge on any atom is 0.255 e. The molecule has 1 fully saturated rings. The van der Waals surface area contributed by atoms with Crippen LogP contribution in [0.5, 0.6) is 11.5 Å². The van der Waals surface area contributed by atoms with Gasteiger partial charge in [0.05, 0.1) is 7.11 Å². The normalized spacial score (nSPS) is 15.4. The van der Waals surface area contributed by atoms with Crippen molar-refractivity contribution in [3.05, 3.63) is 58.1 Å². The van der Waals surface area contributed by atoms with Gasteiger partial charge in [-0.3, -0.25) is 14.4 Å². The molecule has 1 saturated heterocycles. The molecule has 3 N–H and O–H groups in total. The molecular formula is C22H24BrN3O5. The Hall–Kier alpha value is -3.07. The van der Waals surface area contributed by atoms with E-state index in [1.165, 1.54) is 7.11 Å². The zero-order valence-corrected chi connectivity index (χ0v) is 18.7. The second kappa shape index (κ2) is 10.3. The van der Waals surface area contributed by atoms with E-state index in [1.807, 2.05) is 12.1 Å². The van der Waals surface area contributed by atoms with Crippen molar-refractivity contribution in [2.75, 3.05) is 20.3 Å². The Morgan fingerprint density at radius 1 is 1.16 bits per heavy atom. The highest BCUT2D eigenvalue weighted by Crippen LogP contribution is 2.28. The number of carbonyl (C=O) groups is 3. The molecule has 31 heavy (non-hydrogen) atoms. The van der Waals surface area contributed by atoms with E-state index in [2.05, 4.69) is 21.2 Å². The predicted molar refractivity (Wildman–Crippen MR) is 118 cm³/mol. The van der Waals surface area contributed by atoms with Crippen molar-refractivity contribution < 1.29 is 23.9 Å². The van der Waals surface area contributed by atoms with Gasteiger partial charge in [-0.25, -0.2) is 0 Å². The van der Waals surface area contributed by atoms with Crippen LogP contribution in [0.1, 0.15) is 28.8 Å². The van der Waals surface area contributed by atoms with Crippen LogP contribution in [0.3, 0.4) is 0 Å². The molecule has 1 heterocycles. The van der Waals surface area contributed by atoms with Gasteiger partial charge in [0.25, 0.3) is 11.8 Å². The average molecular weight is 490 g/mol. The summed E-state index contributed by atoms with van der Waals surface area (Å²) in [6.07, 6.45) is 1.40. The molecule has 1 unspecified atom stereocenters. The number of primary amides is 1. The van der Waals surface area contributed by atoms with E-state index in [-0.39, 0.29) is 25.0 Å². The van der Waals surface area contributed by atoms with Crippen molar-refractivity contribution in [2.45, 2.75) is 25.4 Å². The van der Waals surface area contributed by atoms with Gasteiger partial charge in [-0.15, -0.1) is 0 Å². The number of likely N-dealkylation sites (tertiary alicyclic amines) is 1. The Labute approximate surface area is 188 Å². The standard InChI is InChI=1S/C22H24BrN3O5/c1-30-19-11-14(4-9-18(19)31-13-20(24)27)12-25-21(28)17-3-2-10-26(17)22(29)15-5-7-16(23)8-6-15/h4-9,11,17H,2-3,10,12-13H2,1H3,(H2,24,27)(H,25,28). The summed E-state index contributed by atoms with van der Waals surface area (Å²) in [4.78, 5) is 38.2. The summed E-state index contributed by atoms with van der Waals surface area (Å²) in [5.74, 6) is -0.115. The van der Waals surface area contributed by atoms with E-state index in [4.69, 9.17) is 15.2 Å². The molecule has 164 valence electrons. The zero-order chi connectivity index (χ0) is 22.4. The van der Waals surface area contributed by atoms with Gasteiger partial charge in [0.15, 0.2) is 18.1 Å². The van der Waals surface area contributed by atoms with Gasteiger partial charge in [0, 0.05) is 23.1 Å². The summed E-state index contributed by atoms with van der Waals surface area (Å²) >= 11 is 3.36. The number of amides is 3. The lowest BCUT2D eigenvalue weighted by Gasteiger charge is -2.24. The summed E-state index contributed by atoms with van der Waals surface area (Å²) < 4.78 is 11.5. The SMILES string of the molecule is COc1cc(CNC(=O)C2CCCN2C(=O)c2ccc(Br)cc2)ccc1OCC(N)=O. The van der Waals surface area contributed by atoms with Gasteiger partial charge < -0.3 is 25.4 Å². The fraction of sp³-hybridized carbons (Fsp3) is 0.318. The van der Waals surface area contributed by atoms with Gasteiger partial charge in [0.2, 0.25) is 5.91 Å². The van der Waals surface area contributed by atoms with Gasteiger partial charge in [-0.2, -0.15) is 0 Å². The molecular weight excluding hydrogens is 466 g/mol. The number of benzene rings is 2. The summed E-state index contributed by atoms with van der Waals surface area (Å²) in [7, 11) is 1.49. The number of ether oxygens (including phenoxy) is 2. The van der Waals surface area contributed by atoms with Crippen molar-refractivity contribution in [3.8, 4) is 11.5 Å². The number of halogens is 1. The van der Waals surface area contributed by atoms with Crippen LogP contribution in [-0.2, 0) is 16.1 Å². The van der Waals surface area contributed by atoms with Gasteiger partial charge in [-0.1, -0.05) is 22.0 Å². The van der Waals surface area contributed by atoms with E-state index in [9.17, 15) is 14.4 Å². The number of hydrogen-bond donors (Lipinski definition) is 2. The molecule has 1 atom stereocenters. The molecule has 0 spiro atoms. The molecule has 1 aliphatic heterocycles. The Kier molecular flexibility index (Phi) is 7.51. The topological polar surface area (TPSA) is 111 Å². The Bertz CT molecular complexity index is 964. The monoisotopic (exact) mass is 489 g/mol. The first kappa shape index (κ1) is 22.6. The lowest BCUT2D eigenvalue weighted by molar-refractivity contribution is -0.125. The smallest absolute Gasteiger partial charge is 0.255 e. The number of hydrogen-bond acceptors (Lipinski definition) is 5. The highest BCUT2D eigenvalue weighted by atomic mass is 79.9. The molecule has 0 saturated carbocycles. The van der Waals surface area contributed by atoms with E-state index in [1.54, 1.807) is 35.2 Å². The summed E-state index contributed by atoms with van der Waals surface area (Å²) in [5.41, 5.74) is 6.44. The molecule has 3 amide bonds. The molecule has 2 aromatic carbocycles. The number of methoxy groups -OCH3 is 1. The Morgan fingerprint density at radius 2 is 1.90 bits per heavy atom. The molecule has 3 rings (SSSR count). The first-order valence-electron chi connectivity index (χ1n) is 9.81. The van der Waals surface area contributed by atoms with Crippen LogP contribution in [0, 0.1) is 0 Å². The number of nitrogens with zero attached hydrogens (tertiary/aromatic N) is 1. The van der Waals surface area contributed by atoms with Gasteiger partial charge >= 0.3 is 0 Å². The molecule has 1 aliphatic rings. The zero-order valence-electron chi connectivity index (χ0n) is 17.1. The van der Waals surface area contributed by atoms with Crippen molar-refractivity contribution in [2.24, 2.45) is 5.73 Å². The van der Waals surface area contributed by atoms with Crippen LogP contribution < -0.4 is 20.5 Å². The number of carbonyl (C=O) groups excluding carboxylic acids is 3. The maximum atomic E-state index is 12.8. The second-order valence-corrected chi connectivity index (χ2v) is 8.04. The second-order valence-electron chi connectivity index (χ2n) is 7.12. The fourth-order valence-corrected chi connectivity index (χ4v) is 3.70. The fourth-order valence-electron chi connectivity index (χ4n) is 3.44. The summed E-state index contributed by atoms with van der Waals surface area (Å²) in [6.45, 7) is 0.561. The molecule has 8 nitrogen and oxygen atoms in total. The quantitative estimate of drug-likeness (QED) is 0.590. The molecule has 0 bridgehead atoms. The van der Waals surface area contributed by atoms with Crippen LogP contribution in [-0.4, -0.2) is 48.9 Å².